The fourth-order valence-electron chi connectivity index (χ4n) is 4.56. The van der Waals surface area contributed by atoms with Crippen LogP contribution >= 0.6 is 24.0 Å². The van der Waals surface area contributed by atoms with Gasteiger partial charge in [-0.1, -0.05) is 49.1 Å². The predicted molar refractivity (Wildman–Crippen MR) is 149 cm³/mol. The summed E-state index contributed by atoms with van der Waals surface area (Å²) in [5.74, 6) is 1.27. The van der Waals surface area contributed by atoms with Crippen LogP contribution in [0.4, 0.5) is 11.5 Å². The standard InChI is InChI=1S/C26H27N5O3S2/c1-3-11-31-25(33)21(36-26(31)35)17-18-23(27-22-10-6-7-12-30(22)24(18)32)29-15-13-28(14-16-29)19-8-4-5-9-20(19)34-2/h4-10,12,17H,3,11,13-16H2,1-2H3. The molecule has 0 aliphatic carbocycles. The second-order valence-corrected chi connectivity index (χ2v) is 10.2. The Morgan fingerprint density at radius 3 is 2.53 bits per heavy atom. The van der Waals surface area contributed by atoms with Crippen molar-refractivity contribution in [3.63, 3.8) is 0 Å². The van der Waals surface area contributed by atoms with Gasteiger partial charge in [-0.15, -0.1) is 0 Å². The number of carbonyl (C=O) groups is 1. The maximum Gasteiger partial charge on any atom is 0.267 e. The summed E-state index contributed by atoms with van der Waals surface area (Å²) in [4.78, 5) is 37.9. The van der Waals surface area contributed by atoms with Gasteiger partial charge < -0.3 is 14.5 Å². The normalized spacial score (nSPS) is 17.5. The lowest BCUT2D eigenvalue weighted by molar-refractivity contribution is -0.122. The van der Waals surface area contributed by atoms with Crippen LogP contribution in [-0.2, 0) is 4.79 Å². The van der Waals surface area contributed by atoms with Gasteiger partial charge in [0.25, 0.3) is 11.5 Å². The summed E-state index contributed by atoms with van der Waals surface area (Å²) in [6, 6.07) is 13.5. The molecule has 1 amide bonds. The average molecular weight is 522 g/mol. The van der Waals surface area contributed by atoms with Gasteiger partial charge >= 0.3 is 0 Å². The molecule has 36 heavy (non-hydrogen) atoms. The summed E-state index contributed by atoms with van der Waals surface area (Å²) in [5.41, 5.74) is 1.82. The number of carbonyl (C=O) groups excluding carboxylic acids is 1. The van der Waals surface area contributed by atoms with Gasteiger partial charge in [0.2, 0.25) is 0 Å². The molecule has 2 fully saturated rings. The summed E-state index contributed by atoms with van der Waals surface area (Å²) in [7, 11) is 1.68. The summed E-state index contributed by atoms with van der Waals surface area (Å²) < 4.78 is 7.59. The van der Waals surface area contributed by atoms with Crippen LogP contribution in [0.2, 0.25) is 0 Å². The van der Waals surface area contributed by atoms with Crippen LogP contribution in [0.1, 0.15) is 18.9 Å². The van der Waals surface area contributed by atoms with Gasteiger partial charge in [-0.05, 0) is 36.8 Å². The van der Waals surface area contributed by atoms with E-state index in [4.69, 9.17) is 21.9 Å². The number of nitrogens with zero attached hydrogens (tertiary/aromatic N) is 5. The molecule has 0 N–H and O–H groups in total. The fraction of sp³-hybridized carbons (Fsp3) is 0.308. The summed E-state index contributed by atoms with van der Waals surface area (Å²) in [5, 5.41) is 0. The van der Waals surface area contributed by atoms with E-state index in [9.17, 15) is 9.59 Å². The largest absolute Gasteiger partial charge is 0.495 e. The molecule has 2 saturated heterocycles. The Kier molecular flexibility index (Phi) is 6.97. The first-order chi connectivity index (χ1) is 17.5. The molecule has 5 rings (SSSR count). The number of anilines is 2. The Hall–Kier alpha value is -3.37. The van der Waals surface area contributed by atoms with Crippen molar-refractivity contribution in [1.29, 1.82) is 0 Å². The van der Waals surface area contributed by atoms with Crippen LogP contribution in [-0.4, -0.2) is 64.3 Å². The topological polar surface area (TPSA) is 70.4 Å². The fourth-order valence-corrected chi connectivity index (χ4v) is 5.85. The zero-order valence-corrected chi connectivity index (χ0v) is 21.8. The molecule has 186 valence electrons. The molecular formula is C26H27N5O3S2. The zero-order chi connectivity index (χ0) is 25.2. The number of hydrogen-bond donors (Lipinski definition) is 0. The molecule has 0 atom stereocenters. The third kappa shape index (κ3) is 4.46. The Morgan fingerprint density at radius 2 is 1.78 bits per heavy atom. The smallest absolute Gasteiger partial charge is 0.267 e. The second kappa shape index (κ2) is 10.3. The van der Waals surface area contributed by atoms with Crippen molar-refractivity contribution >= 4 is 57.4 Å². The van der Waals surface area contributed by atoms with Gasteiger partial charge in [0.05, 0.1) is 23.3 Å². The Bertz CT molecular complexity index is 1410. The zero-order valence-electron chi connectivity index (χ0n) is 20.2. The number of ether oxygens (including phenoxy) is 1. The maximum atomic E-state index is 13.6. The Labute approximate surface area is 219 Å². The number of thioether (sulfide) groups is 1. The summed E-state index contributed by atoms with van der Waals surface area (Å²) >= 11 is 6.67. The first-order valence-corrected chi connectivity index (χ1v) is 13.1. The number of rotatable bonds is 6. The van der Waals surface area contributed by atoms with E-state index in [2.05, 4.69) is 15.9 Å². The number of aromatic nitrogens is 2. The molecule has 10 heteroatoms. The highest BCUT2D eigenvalue weighted by molar-refractivity contribution is 8.26. The van der Waals surface area contributed by atoms with Crippen LogP contribution < -0.4 is 20.1 Å². The highest BCUT2D eigenvalue weighted by Crippen LogP contribution is 2.34. The van der Waals surface area contributed by atoms with E-state index < -0.39 is 0 Å². The van der Waals surface area contributed by atoms with Crippen molar-refractivity contribution in [3.8, 4) is 5.75 Å². The quantitative estimate of drug-likeness (QED) is 0.360. The molecule has 2 aliphatic heterocycles. The van der Waals surface area contributed by atoms with Crippen molar-refractivity contribution in [3.05, 3.63) is 69.5 Å². The summed E-state index contributed by atoms with van der Waals surface area (Å²) in [6.45, 7) is 5.40. The molecule has 0 unspecified atom stereocenters. The van der Waals surface area contributed by atoms with Crippen LogP contribution in [0.25, 0.3) is 11.7 Å². The number of para-hydroxylation sites is 2. The molecule has 0 bridgehead atoms. The molecule has 2 aromatic heterocycles. The highest BCUT2D eigenvalue weighted by Gasteiger charge is 2.32. The lowest BCUT2D eigenvalue weighted by Crippen LogP contribution is -2.47. The first-order valence-electron chi connectivity index (χ1n) is 11.9. The van der Waals surface area contributed by atoms with E-state index in [1.54, 1.807) is 30.3 Å². The van der Waals surface area contributed by atoms with Crippen molar-refractivity contribution < 1.29 is 9.53 Å². The van der Waals surface area contributed by atoms with Crippen LogP contribution in [0, 0.1) is 0 Å². The minimum absolute atomic E-state index is 0.156. The van der Waals surface area contributed by atoms with Crippen molar-refractivity contribution in [1.82, 2.24) is 14.3 Å². The summed E-state index contributed by atoms with van der Waals surface area (Å²) in [6.07, 6.45) is 4.18. The molecule has 2 aliphatic rings. The van der Waals surface area contributed by atoms with Crippen molar-refractivity contribution in [2.75, 3.05) is 49.6 Å². The number of benzene rings is 1. The van der Waals surface area contributed by atoms with E-state index in [1.807, 2.05) is 37.3 Å². The van der Waals surface area contributed by atoms with E-state index in [1.165, 1.54) is 16.2 Å². The van der Waals surface area contributed by atoms with Gasteiger partial charge in [-0.25, -0.2) is 4.98 Å². The van der Waals surface area contributed by atoms with Gasteiger partial charge in [-0.2, -0.15) is 0 Å². The van der Waals surface area contributed by atoms with Crippen LogP contribution in [0.3, 0.4) is 0 Å². The van der Waals surface area contributed by atoms with Gasteiger partial charge in [0.1, 0.15) is 21.5 Å². The number of piperazine rings is 1. The van der Waals surface area contributed by atoms with Crippen molar-refractivity contribution in [2.45, 2.75) is 13.3 Å². The van der Waals surface area contributed by atoms with E-state index >= 15 is 0 Å². The third-order valence-electron chi connectivity index (χ3n) is 6.35. The van der Waals surface area contributed by atoms with Gasteiger partial charge in [0.15, 0.2) is 0 Å². The molecule has 8 nitrogen and oxygen atoms in total. The van der Waals surface area contributed by atoms with E-state index in [-0.39, 0.29) is 11.5 Å². The minimum atomic E-state index is -0.205. The number of hydrogen-bond acceptors (Lipinski definition) is 8. The van der Waals surface area contributed by atoms with E-state index in [0.717, 1.165) is 30.9 Å². The first kappa shape index (κ1) is 24.3. The Balaban J connectivity index is 1.51. The third-order valence-corrected chi connectivity index (χ3v) is 7.73. The van der Waals surface area contributed by atoms with Crippen LogP contribution in [0.5, 0.6) is 5.75 Å². The molecule has 0 saturated carbocycles. The maximum absolute atomic E-state index is 13.6. The lowest BCUT2D eigenvalue weighted by Gasteiger charge is -2.37. The van der Waals surface area contributed by atoms with Crippen molar-refractivity contribution in [2.24, 2.45) is 0 Å². The SMILES string of the molecule is CCCN1C(=O)C(=Cc2c(N3CCN(c4ccccc4OC)CC3)nc3ccccn3c2=O)SC1=S. The van der Waals surface area contributed by atoms with Crippen LogP contribution in [0.15, 0.2) is 58.4 Å². The van der Waals surface area contributed by atoms with E-state index in [0.29, 0.717) is 45.9 Å². The molecule has 1 aromatic carbocycles. The molecule has 0 radical (unpaired) electrons. The minimum Gasteiger partial charge on any atom is -0.495 e. The van der Waals surface area contributed by atoms with Gasteiger partial charge in [-0.3, -0.25) is 18.9 Å². The molecule has 3 aromatic rings. The number of amides is 1. The molecule has 0 spiro atoms. The average Bonchev–Trinajstić information content (AvgIpc) is 3.18. The number of fused-ring (bicyclic) bond motifs is 1. The molecule has 4 heterocycles. The number of pyridine rings is 1. The van der Waals surface area contributed by atoms with Gasteiger partial charge in [0, 0.05) is 38.9 Å². The second-order valence-electron chi connectivity index (χ2n) is 8.56. The predicted octanol–water partition coefficient (Wildman–Crippen LogP) is 3.64. The highest BCUT2D eigenvalue weighted by atomic mass is 32.2. The number of thiocarbonyl (C=S) groups is 1. The Morgan fingerprint density at radius 1 is 1.06 bits per heavy atom. The molecular weight excluding hydrogens is 494 g/mol. The lowest BCUT2D eigenvalue weighted by atomic mass is 10.2. The number of methoxy groups -OCH3 is 1. The monoisotopic (exact) mass is 521 g/mol.